The molecule has 0 heterocycles. The molecule has 0 aliphatic carbocycles. The molecule has 0 saturated heterocycles. The van der Waals surface area contributed by atoms with Gasteiger partial charge in [0.05, 0.1) is 0 Å². The van der Waals surface area contributed by atoms with Gasteiger partial charge in [0.1, 0.15) is 0 Å². The van der Waals surface area contributed by atoms with Crippen LogP contribution in [-0.2, 0) is 55.2 Å². The molecule has 0 radical (unpaired) electrons. The van der Waals surface area contributed by atoms with Gasteiger partial charge >= 0.3 is 40.8 Å². The summed E-state index contributed by atoms with van der Waals surface area (Å²) >= 11 is 0. The van der Waals surface area contributed by atoms with E-state index in [0.29, 0.717) is 0 Å². The summed E-state index contributed by atoms with van der Waals surface area (Å²) in [6.07, 6.45) is 20.4. The van der Waals surface area contributed by atoms with E-state index in [1.165, 1.54) is 0 Å². The molecular weight excluding hydrogens is 873 g/mol. The van der Waals surface area contributed by atoms with Crippen LogP contribution < -0.4 is 0 Å². The zero-order valence-electron chi connectivity index (χ0n) is 30.6. The topological polar surface area (TPSA) is 51.2 Å². The summed E-state index contributed by atoms with van der Waals surface area (Å²) in [7, 11) is 0. The van der Waals surface area contributed by atoms with E-state index >= 15 is 0 Å². The Morgan fingerprint density at radius 1 is 0.232 bits per heavy atom. The zero-order valence-corrected chi connectivity index (χ0v) is 33.7. The van der Waals surface area contributed by atoms with E-state index in [1.807, 2.05) is 218 Å². The number of carbonyl (C=O) groups is 3. The Bertz CT molecular complexity index is 1760. The van der Waals surface area contributed by atoms with Crippen LogP contribution in [0.3, 0.4) is 0 Å². The Balaban J connectivity index is 0.000000285. The maximum Gasteiger partial charge on any atom is 2.00 e. The number of hydrogen-bond acceptors (Lipinski definition) is 3. The largest absolute Gasteiger partial charge is 2.00 e. The van der Waals surface area contributed by atoms with Crippen LogP contribution in [-0.4, -0.2) is 17.3 Å². The Kier molecular flexibility index (Phi) is 23.6. The van der Waals surface area contributed by atoms with Crippen molar-refractivity contribution in [3.63, 3.8) is 0 Å². The quantitative estimate of drug-likeness (QED) is 0.0908. The van der Waals surface area contributed by atoms with E-state index in [2.05, 4.69) is 0 Å². The number of allylic oxidation sites excluding steroid dienone is 6. The van der Waals surface area contributed by atoms with Crippen LogP contribution in [0, 0.1) is 0 Å². The fourth-order valence-corrected chi connectivity index (χ4v) is 4.62. The van der Waals surface area contributed by atoms with Crippen molar-refractivity contribution in [1.82, 2.24) is 0 Å². The van der Waals surface area contributed by atoms with Crippen LogP contribution in [0.2, 0.25) is 0 Å². The van der Waals surface area contributed by atoms with Crippen molar-refractivity contribution in [2.45, 2.75) is 0 Å². The van der Waals surface area contributed by atoms with Crippen molar-refractivity contribution in [1.29, 1.82) is 0 Å². The number of benzene rings is 6. The molecule has 0 atom stereocenters. The minimum Gasteiger partial charge on any atom is -0.290 e. The van der Waals surface area contributed by atoms with Crippen LogP contribution in [0.15, 0.2) is 218 Å². The van der Waals surface area contributed by atoms with E-state index in [4.69, 9.17) is 0 Å². The van der Waals surface area contributed by atoms with Crippen LogP contribution >= 0.6 is 0 Å². The van der Waals surface area contributed by atoms with Crippen LogP contribution in [0.5, 0.6) is 0 Å². The molecular formula is C51H42O3Pd2+4. The van der Waals surface area contributed by atoms with Gasteiger partial charge in [-0.25, -0.2) is 0 Å². The first-order chi connectivity index (χ1) is 26.5. The van der Waals surface area contributed by atoms with Gasteiger partial charge in [0.25, 0.3) is 0 Å². The molecule has 0 saturated carbocycles. The number of carbonyl (C=O) groups excluding carboxylic acids is 3. The van der Waals surface area contributed by atoms with Crippen LogP contribution in [0.1, 0.15) is 33.4 Å². The summed E-state index contributed by atoms with van der Waals surface area (Å²) < 4.78 is 0. The first kappa shape index (κ1) is 46.2. The Hall–Kier alpha value is -5.91. The fraction of sp³-hybridized carbons (Fsp3) is 0. The van der Waals surface area contributed by atoms with Gasteiger partial charge in [-0.2, -0.15) is 0 Å². The molecule has 280 valence electrons. The summed E-state index contributed by atoms with van der Waals surface area (Å²) in [4.78, 5) is 34.8. The third kappa shape index (κ3) is 20.5. The maximum atomic E-state index is 11.6. The van der Waals surface area contributed by atoms with Gasteiger partial charge in [-0.1, -0.05) is 218 Å². The summed E-state index contributed by atoms with van der Waals surface area (Å²) in [5.41, 5.74) is 6.16. The fourth-order valence-electron chi connectivity index (χ4n) is 4.62. The monoisotopic (exact) mass is 914 g/mol. The molecule has 0 amide bonds. The Morgan fingerprint density at radius 2 is 0.357 bits per heavy atom. The zero-order chi connectivity index (χ0) is 37.9. The summed E-state index contributed by atoms with van der Waals surface area (Å²) in [5.74, 6) is -0.0341. The molecule has 0 spiro atoms. The van der Waals surface area contributed by atoms with Crippen molar-refractivity contribution < 1.29 is 55.2 Å². The first-order valence-electron chi connectivity index (χ1n) is 17.5. The predicted molar refractivity (Wildman–Crippen MR) is 228 cm³/mol. The molecule has 0 aliphatic rings. The summed E-state index contributed by atoms with van der Waals surface area (Å²) in [6, 6.07) is 58.7. The molecule has 3 nitrogen and oxygen atoms in total. The molecule has 0 fully saturated rings. The van der Waals surface area contributed by atoms with Gasteiger partial charge in [-0.05, 0) is 69.8 Å². The van der Waals surface area contributed by atoms with Crippen LogP contribution in [0.4, 0.5) is 0 Å². The predicted octanol–water partition coefficient (Wildman–Crippen LogP) is 11.9. The van der Waals surface area contributed by atoms with E-state index in [0.717, 1.165) is 33.4 Å². The molecule has 0 bridgehead atoms. The molecule has 5 heteroatoms. The Labute approximate surface area is 358 Å². The van der Waals surface area contributed by atoms with Gasteiger partial charge < -0.3 is 0 Å². The molecule has 0 aliphatic heterocycles. The SMILES string of the molecule is O=C(C=Cc1ccccc1)C=Cc1ccccc1.O=C(C=Cc1ccccc1)C=Cc1ccccc1.O=C(C=Cc1ccccc1)C=Cc1ccccc1.[Pd+2].[Pd+2]. The molecule has 6 aromatic rings. The molecule has 6 aromatic carbocycles. The van der Waals surface area contributed by atoms with Gasteiger partial charge in [0, 0.05) is 0 Å². The molecule has 0 unspecified atom stereocenters. The van der Waals surface area contributed by atoms with E-state index < -0.39 is 0 Å². The first-order valence-corrected chi connectivity index (χ1v) is 17.5. The second-order valence-corrected chi connectivity index (χ2v) is 11.7. The van der Waals surface area contributed by atoms with Crippen molar-refractivity contribution in [2.24, 2.45) is 0 Å². The third-order valence-corrected chi connectivity index (χ3v) is 7.44. The van der Waals surface area contributed by atoms with Crippen molar-refractivity contribution in [2.75, 3.05) is 0 Å². The van der Waals surface area contributed by atoms with Gasteiger partial charge in [-0.3, -0.25) is 14.4 Å². The average molecular weight is 916 g/mol. The standard InChI is InChI=1S/3C17H14O.2Pd/c3*18-17(13-11-15-7-3-1-4-8-15)14-12-16-9-5-2-6-10-16;;/h3*1-14H;;/q;;;2*+2. The number of ketones is 3. The van der Waals surface area contributed by atoms with E-state index in [-0.39, 0.29) is 58.2 Å². The van der Waals surface area contributed by atoms with Gasteiger partial charge in [0.15, 0.2) is 17.3 Å². The van der Waals surface area contributed by atoms with Crippen molar-refractivity contribution >= 4 is 53.8 Å². The molecule has 0 aromatic heterocycles. The minimum atomic E-state index is -0.0114. The molecule has 0 N–H and O–H groups in total. The Morgan fingerprint density at radius 3 is 0.482 bits per heavy atom. The minimum absolute atomic E-state index is 0. The second kappa shape index (κ2) is 28.5. The summed E-state index contributed by atoms with van der Waals surface area (Å²) in [6.45, 7) is 0. The van der Waals surface area contributed by atoms with Crippen molar-refractivity contribution in [3.8, 4) is 0 Å². The summed E-state index contributed by atoms with van der Waals surface area (Å²) in [5, 5.41) is 0. The number of hydrogen-bond donors (Lipinski definition) is 0. The smallest absolute Gasteiger partial charge is 0.290 e. The average Bonchev–Trinajstić information content (AvgIpc) is 3.24. The normalized spacial score (nSPS) is 10.7. The third-order valence-electron chi connectivity index (χ3n) is 7.44. The maximum absolute atomic E-state index is 11.6. The number of rotatable bonds is 12. The molecule has 56 heavy (non-hydrogen) atoms. The van der Waals surface area contributed by atoms with E-state index in [9.17, 15) is 14.4 Å². The van der Waals surface area contributed by atoms with E-state index in [1.54, 1.807) is 36.5 Å². The molecule has 6 rings (SSSR count). The van der Waals surface area contributed by atoms with Crippen LogP contribution in [0.25, 0.3) is 36.5 Å². The second-order valence-electron chi connectivity index (χ2n) is 11.7. The van der Waals surface area contributed by atoms with Gasteiger partial charge in [0.2, 0.25) is 0 Å². The van der Waals surface area contributed by atoms with Gasteiger partial charge in [-0.15, -0.1) is 0 Å². The van der Waals surface area contributed by atoms with Crippen molar-refractivity contribution in [3.05, 3.63) is 252 Å².